The summed E-state index contributed by atoms with van der Waals surface area (Å²) in [6.07, 6.45) is -0.341. The Morgan fingerprint density at radius 1 is 1.62 bits per heavy atom. The van der Waals surface area contributed by atoms with Crippen molar-refractivity contribution >= 4 is 11.6 Å². The van der Waals surface area contributed by atoms with E-state index in [1.807, 2.05) is 0 Å². The molecule has 116 valence electrons. The van der Waals surface area contributed by atoms with Crippen molar-refractivity contribution in [2.75, 3.05) is 7.05 Å². The average molecular weight is 299 g/mol. The molecule has 0 saturated heterocycles. The summed E-state index contributed by atoms with van der Waals surface area (Å²) in [5, 5.41) is 13.7. The van der Waals surface area contributed by atoms with Crippen LogP contribution in [0.2, 0.25) is 0 Å². The summed E-state index contributed by atoms with van der Waals surface area (Å²) < 4.78 is 18.5. The minimum Gasteiger partial charge on any atom is -0.484 e. The molecule has 0 aromatic heterocycles. The van der Waals surface area contributed by atoms with Gasteiger partial charge in [-0.2, -0.15) is 0 Å². The van der Waals surface area contributed by atoms with Gasteiger partial charge in [-0.25, -0.2) is 4.39 Å². The molecule has 1 rings (SSSR count). The van der Waals surface area contributed by atoms with E-state index in [-0.39, 0.29) is 12.2 Å². The number of hydrogen-bond acceptors (Lipinski definition) is 5. The summed E-state index contributed by atoms with van der Waals surface area (Å²) in [6, 6.07) is 3.04. The molecule has 0 aliphatic rings. The molecule has 0 spiro atoms. The van der Waals surface area contributed by atoms with Crippen LogP contribution >= 0.6 is 0 Å². The number of rotatable bonds is 7. The Bertz CT molecular complexity index is 552. The lowest BCUT2D eigenvalue weighted by molar-refractivity contribution is -0.386. The summed E-state index contributed by atoms with van der Waals surface area (Å²) in [5.74, 6) is -1.34. The molecule has 0 fully saturated rings. The first-order valence-corrected chi connectivity index (χ1v) is 6.29. The Morgan fingerprint density at radius 3 is 2.71 bits per heavy atom. The molecule has 2 unspecified atom stereocenters. The number of nitrogens with zero attached hydrogens (tertiary/aromatic N) is 1. The number of nitrogens with one attached hydrogen (secondary N) is 1. The number of nitrogens with two attached hydrogens (primary N) is 1. The maximum atomic E-state index is 13.0. The van der Waals surface area contributed by atoms with Gasteiger partial charge < -0.3 is 15.8 Å². The van der Waals surface area contributed by atoms with Gasteiger partial charge in [0.1, 0.15) is 5.82 Å². The third-order valence-electron chi connectivity index (χ3n) is 3.24. The van der Waals surface area contributed by atoms with Crippen LogP contribution in [0.25, 0.3) is 0 Å². The number of hydrogen-bond donors (Lipinski definition) is 2. The zero-order chi connectivity index (χ0) is 16.2. The number of carbonyl (C=O) groups excluding carboxylic acids is 1. The van der Waals surface area contributed by atoms with Gasteiger partial charge in [-0.15, -0.1) is 0 Å². The largest absolute Gasteiger partial charge is 0.484 e. The number of likely N-dealkylation sites (N-methyl/N-ethyl adjacent to an activating group) is 1. The van der Waals surface area contributed by atoms with Crippen LogP contribution in [0.3, 0.4) is 0 Å². The topological polar surface area (TPSA) is 107 Å². The van der Waals surface area contributed by atoms with Crippen molar-refractivity contribution in [3.05, 3.63) is 34.1 Å². The fourth-order valence-corrected chi connectivity index (χ4v) is 1.89. The first-order valence-electron chi connectivity index (χ1n) is 6.29. The number of nitro benzene ring substituents is 1. The van der Waals surface area contributed by atoms with E-state index in [1.165, 1.54) is 6.07 Å². The second-order valence-corrected chi connectivity index (χ2v) is 4.95. The molecule has 0 bridgehead atoms. The molecule has 1 aromatic rings. The van der Waals surface area contributed by atoms with E-state index in [9.17, 15) is 19.3 Å². The van der Waals surface area contributed by atoms with Crippen LogP contribution in [0.1, 0.15) is 20.3 Å². The molecular weight excluding hydrogens is 281 g/mol. The molecule has 1 amide bonds. The van der Waals surface area contributed by atoms with Crippen LogP contribution in [0.4, 0.5) is 10.1 Å². The maximum absolute atomic E-state index is 13.0. The van der Waals surface area contributed by atoms with Crippen molar-refractivity contribution in [2.45, 2.75) is 31.9 Å². The van der Waals surface area contributed by atoms with Crippen molar-refractivity contribution in [3.63, 3.8) is 0 Å². The molecule has 0 saturated carbocycles. The zero-order valence-corrected chi connectivity index (χ0v) is 12.1. The SMILES string of the molecule is CNC(C)(CC(C)Oc1ccc(F)cc1[N+](=O)[O-])C(N)=O. The van der Waals surface area contributed by atoms with Gasteiger partial charge in [-0.1, -0.05) is 0 Å². The summed E-state index contributed by atoms with van der Waals surface area (Å²) in [6.45, 7) is 3.25. The molecule has 7 nitrogen and oxygen atoms in total. The molecule has 21 heavy (non-hydrogen) atoms. The van der Waals surface area contributed by atoms with E-state index in [2.05, 4.69) is 5.32 Å². The van der Waals surface area contributed by atoms with E-state index in [0.29, 0.717) is 0 Å². The first kappa shape index (κ1) is 16.8. The minimum atomic E-state index is -1.01. The van der Waals surface area contributed by atoms with Gasteiger partial charge in [0.05, 0.1) is 22.6 Å². The number of primary amides is 1. The Kier molecular flexibility index (Phi) is 5.20. The number of nitro groups is 1. The lowest BCUT2D eigenvalue weighted by Gasteiger charge is -2.28. The molecule has 8 heteroatoms. The lowest BCUT2D eigenvalue weighted by Crippen LogP contribution is -2.53. The van der Waals surface area contributed by atoms with Gasteiger partial charge in [-0.05, 0) is 33.0 Å². The van der Waals surface area contributed by atoms with E-state index in [4.69, 9.17) is 10.5 Å². The number of carbonyl (C=O) groups is 1. The maximum Gasteiger partial charge on any atom is 0.313 e. The summed E-state index contributed by atoms with van der Waals surface area (Å²) in [5.41, 5.74) is 3.83. The quantitative estimate of drug-likeness (QED) is 0.583. The molecule has 1 aromatic carbocycles. The van der Waals surface area contributed by atoms with E-state index in [1.54, 1.807) is 20.9 Å². The molecule has 0 aliphatic carbocycles. The van der Waals surface area contributed by atoms with Gasteiger partial charge >= 0.3 is 5.69 Å². The molecule has 2 atom stereocenters. The predicted molar refractivity (Wildman–Crippen MR) is 74.4 cm³/mol. The highest BCUT2D eigenvalue weighted by Crippen LogP contribution is 2.29. The predicted octanol–water partition coefficient (Wildman–Crippen LogP) is 1.35. The fourth-order valence-electron chi connectivity index (χ4n) is 1.89. The smallest absolute Gasteiger partial charge is 0.313 e. The van der Waals surface area contributed by atoms with Crippen molar-refractivity contribution < 1.29 is 18.8 Å². The number of amides is 1. The molecule has 0 aliphatic heterocycles. The second kappa shape index (κ2) is 6.49. The van der Waals surface area contributed by atoms with E-state index in [0.717, 1.165) is 12.1 Å². The minimum absolute atomic E-state index is 0.0585. The van der Waals surface area contributed by atoms with Gasteiger partial charge in [0, 0.05) is 6.42 Å². The fraction of sp³-hybridized carbons (Fsp3) is 0.462. The van der Waals surface area contributed by atoms with Crippen LogP contribution in [-0.4, -0.2) is 29.5 Å². The van der Waals surface area contributed by atoms with Crippen LogP contribution in [0.5, 0.6) is 5.75 Å². The van der Waals surface area contributed by atoms with Crippen LogP contribution in [0, 0.1) is 15.9 Å². The van der Waals surface area contributed by atoms with Crippen LogP contribution < -0.4 is 15.8 Å². The Hall–Kier alpha value is -2.22. The highest BCUT2D eigenvalue weighted by atomic mass is 19.1. The lowest BCUT2D eigenvalue weighted by atomic mass is 9.94. The Labute approximate surface area is 121 Å². The van der Waals surface area contributed by atoms with Crippen molar-refractivity contribution in [1.82, 2.24) is 5.32 Å². The van der Waals surface area contributed by atoms with Gasteiger partial charge in [0.15, 0.2) is 5.75 Å². The highest BCUT2D eigenvalue weighted by Gasteiger charge is 2.32. The second-order valence-electron chi connectivity index (χ2n) is 4.95. The highest BCUT2D eigenvalue weighted by molar-refractivity contribution is 5.84. The first-order chi connectivity index (χ1) is 9.69. The molecule has 3 N–H and O–H groups in total. The third kappa shape index (κ3) is 4.12. The number of benzene rings is 1. The van der Waals surface area contributed by atoms with Gasteiger partial charge in [0.2, 0.25) is 5.91 Å². The summed E-state index contributed by atoms with van der Waals surface area (Å²) in [7, 11) is 1.58. The van der Waals surface area contributed by atoms with Crippen molar-refractivity contribution in [2.24, 2.45) is 5.73 Å². The Morgan fingerprint density at radius 2 is 2.24 bits per heavy atom. The summed E-state index contributed by atoms with van der Waals surface area (Å²) in [4.78, 5) is 21.6. The zero-order valence-electron chi connectivity index (χ0n) is 12.1. The third-order valence-corrected chi connectivity index (χ3v) is 3.24. The van der Waals surface area contributed by atoms with Crippen LogP contribution in [0.15, 0.2) is 18.2 Å². The van der Waals surface area contributed by atoms with Crippen molar-refractivity contribution in [1.29, 1.82) is 0 Å². The van der Waals surface area contributed by atoms with Gasteiger partial charge in [-0.3, -0.25) is 14.9 Å². The van der Waals surface area contributed by atoms with Crippen LogP contribution in [-0.2, 0) is 4.79 Å². The standard InChI is InChI=1S/C13H18FN3O4/c1-8(7-13(2,16-3)12(15)18)21-11-5-4-9(14)6-10(11)17(19)20/h4-6,8,16H,7H2,1-3H3,(H2,15,18). The summed E-state index contributed by atoms with van der Waals surface area (Å²) >= 11 is 0. The number of halogens is 1. The normalized spacial score (nSPS) is 15.0. The van der Waals surface area contributed by atoms with Gasteiger partial charge in [0.25, 0.3) is 0 Å². The Balaban J connectivity index is 2.91. The molecule has 0 heterocycles. The number of ether oxygens (including phenoxy) is 1. The molecular formula is C13H18FN3O4. The average Bonchev–Trinajstić information content (AvgIpc) is 2.40. The monoisotopic (exact) mass is 299 g/mol. The van der Waals surface area contributed by atoms with E-state index < -0.39 is 34.0 Å². The molecule has 0 radical (unpaired) electrons. The van der Waals surface area contributed by atoms with Crippen molar-refractivity contribution in [3.8, 4) is 5.75 Å². The van der Waals surface area contributed by atoms with E-state index >= 15 is 0 Å².